The molecule has 0 radical (unpaired) electrons. The highest BCUT2D eigenvalue weighted by Gasteiger charge is 2.26. The molecular formula is C26H14Cl3N3S2. The third-order valence-electron chi connectivity index (χ3n) is 4.72. The predicted octanol–water partition coefficient (Wildman–Crippen LogP) is 9.44. The van der Waals surface area contributed by atoms with E-state index in [1.807, 2.05) is 66.7 Å². The zero-order valence-corrected chi connectivity index (χ0v) is 21.3. The first kappa shape index (κ1) is 24.4. The Morgan fingerprint density at radius 1 is 0.618 bits per heavy atom. The maximum Gasteiger partial charge on any atom is 0.103 e. The van der Waals surface area contributed by atoms with E-state index in [0.29, 0.717) is 25.5 Å². The summed E-state index contributed by atoms with van der Waals surface area (Å²) in [4.78, 5) is 2.83. The SMILES string of the molecule is N#Cc1c(Cl)c(Sc2ccccc2Cl)c(Sc2ccccc2Cl)c(Nc2ccccc2)c1C#N. The predicted molar refractivity (Wildman–Crippen MR) is 142 cm³/mol. The second-order valence-electron chi connectivity index (χ2n) is 6.88. The van der Waals surface area contributed by atoms with Crippen LogP contribution >= 0.6 is 58.3 Å². The standard InChI is InChI=1S/C26H14Cl3N3S2/c27-19-10-4-6-12-21(19)33-25-23(29)17(14-30)18(15-31)24(32-16-8-2-1-3-9-16)26(25)34-22-13-7-5-11-20(22)28/h1-13,32H. The Hall–Kier alpha value is -2.77. The van der Waals surface area contributed by atoms with E-state index in [0.717, 1.165) is 15.5 Å². The maximum absolute atomic E-state index is 10.0. The Morgan fingerprint density at radius 2 is 1.12 bits per heavy atom. The van der Waals surface area contributed by atoms with Crippen molar-refractivity contribution in [3.8, 4) is 12.1 Å². The molecule has 0 saturated carbocycles. The maximum atomic E-state index is 10.0. The van der Waals surface area contributed by atoms with Gasteiger partial charge >= 0.3 is 0 Å². The Balaban J connectivity index is 2.01. The average molecular weight is 539 g/mol. The van der Waals surface area contributed by atoms with Crippen molar-refractivity contribution < 1.29 is 0 Å². The smallest absolute Gasteiger partial charge is 0.103 e. The number of benzene rings is 4. The summed E-state index contributed by atoms with van der Waals surface area (Å²) in [5.41, 5.74) is 1.50. The average Bonchev–Trinajstić information content (AvgIpc) is 2.85. The number of nitriles is 2. The van der Waals surface area contributed by atoms with Crippen LogP contribution in [-0.2, 0) is 0 Å². The molecule has 0 aromatic heterocycles. The molecule has 0 spiro atoms. The molecule has 0 fully saturated rings. The molecule has 0 amide bonds. The van der Waals surface area contributed by atoms with E-state index < -0.39 is 0 Å². The minimum atomic E-state index is 0.0978. The first-order valence-electron chi connectivity index (χ1n) is 9.90. The molecule has 0 aliphatic carbocycles. The van der Waals surface area contributed by atoms with Crippen LogP contribution in [-0.4, -0.2) is 0 Å². The second-order valence-corrected chi connectivity index (χ2v) is 10.2. The highest BCUT2D eigenvalue weighted by Crippen LogP contribution is 2.51. The van der Waals surface area contributed by atoms with E-state index in [4.69, 9.17) is 34.8 Å². The lowest BCUT2D eigenvalue weighted by atomic mass is 10.1. The molecule has 4 aromatic rings. The van der Waals surface area contributed by atoms with Crippen molar-refractivity contribution in [2.24, 2.45) is 0 Å². The van der Waals surface area contributed by atoms with E-state index in [2.05, 4.69) is 17.5 Å². The van der Waals surface area contributed by atoms with E-state index in [-0.39, 0.29) is 16.1 Å². The van der Waals surface area contributed by atoms with Crippen LogP contribution < -0.4 is 5.32 Å². The zero-order chi connectivity index (χ0) is 24.1. The lowest BCUT2D eigenvalue weighted by Gasteiger charge is -2.20. The summed E-state index contributed by atoms with van der Waals surface area (Å²) in [7, 11) is 0. The van der Waals surface area contributed by atoms with Gasteiger partial charge in [0.2, 0.25) is 0 Å². The minimum absolute atomic E-state index is 0.0978. The van der Waals surface area contributed by atoms with Gasteiger partial charge in [0.15, 0.2) is 0 Å². The van der Waals surface area contributed by atoms with Gasteiger partial charge in [-0.25, -0.2) is 0 Å². The van der Waals surface area contributed by atoms with Gasteiger partial charge in [-0.15, -0.1) is 0 Å². The van der Waals surface area contributed by atoms with Crippen molar-refractivity contribution in [1.82, 2.24) is 0 Å². The number of hydrogen-bond donors (Lipinski definition) is 1. The van der Waals surface area contributed by atoms with Crippen LogP contribution in [0.25, 0.3) is 0 Å². The van der Waals surface area contributed by atoms with Crippen LogP contribution in [0.3, 0.4) is 0 Å². The molecular weight excluding hydrogens is 525 g/mol. The largest absolute Gasteiger partial charge is 0.353 e. The molecule has 8 heteroatoms. The summed E-state index contributed by atoms with van der Waals surface area (Å²) in [6, 6.07) is 28.5. The van der Waals surface area contributed by atoms with E-state index >= 15 is 0 Å². The van der Waals surface area contributed by atoms with Crippen molar-refractivity contribution in [2.75, 3.05) is 5.32 Å². The lowest BCUT2D eigenvalue weighted by molar-refractivity contribution is 1.20. The van der Waals surface area contributed by atoms with Crippen molar-refractivity contribution >= 4 is 69.7 Å². The molecule has 0 aliphatic rings. The quantitative estimate of drug-likeness (QED) is 0.265. The van der Waals surface area contributed by atoms with Gasteiger partial charge in [0.1, 0.15) is 12.1 Å². The highest BCUT2D eigenvalue weighted by molar-refractivity contribution is 8.02. The molecule has 4 aromatic carbocycles. The molecule has 4 rings (SSSR count). The van der Waals surface area contributed by atoms with Crippen LogP contribution in [0.2, 0.25) is 15.1 Å². The van der Waals surface area contributed by atoms with Crippen molar-refractivity contribution in [3.05, 3.63) is 105 Å². The number of hydrogen-bond acceptors (Lipinski definition) is 5. The van der Waals surface area contributed by atoms with Gasteiger partial charge in [-0.2, -0.15) is 10.5 Å². The summed E-state index contributed by atoms with van der Waals surface area (Å²) >= 11 is 22.4. The Kier molecular flexibility index (Phi) is 7.95. The van der Waals surface area contributed by atoms with Crippen molar-refractivity contribution in [3.63, 3.8) is 0 Å². The van der Waals surface area contributed by atoms with Crippen LogP contribution in [0, 0.1) is 22.7 Å². The number of anilines is 2. The van der Waals surface area contributed by atoms with Gasteiger partial charge < -0.3 is 5.32 Å². The fourth-order valence-corrected chi connectivity index (χ4v) is 6.20. The molecule has 34 heavy (non-hydrogen) atoms. The normalized spacial score (nSPS) is 10.4. The van der Waals surface area contributed by atoms with Crippen LogP contribution in [0.15, 0.2) is 98.4 Å². The van der Waals surface area contributed by atoms with E-state index in [1.165, 1.54) is 23.5 Å². The molecule has 0 unspecified atom stereocenters. The van der Waals surface area contributed by atoms with Crippen LogP contribution in [0.4, 0.5) is 11.4 Å². The van der Waals surface area contributed by atoms with Gasteiger partial charge in [0, 0.05) is 20.4 Å². The van der Waals surface area contributed by atoms with Crippen LogP contribution in [0.5, 0.6) is 0 Å². The Labute approximate surface area is 221 Å². The van der Waals surface area contributed by atoms with Gasteiger partial charge in [-0.3, -0.25) is 0 Å². The molecule has 3 nitrogen and oxygen atoms in total. The van der Waals surface area contributed by atoms with Gasteiger partial charge in [0.05, 0.1) is 36.8 Å². The van der Waals surface area contributed by atoms with E-state index in [9.17, 15) is 10.5 Å². The summed E-state index contributed by atoms with van der Waals surface area (Å²) in [5, 5.41) is 24.6. The first-order valence-corrected chi connectivity index (χ1v) is 12.7. The van der Waals surface area contributed by atoms with Crippen molar-refractivity contribution in [2.45, 2.75) is 19.6 Å². The van der Waals surface area contributed by atoms with E-state index in [1.54, 1.807) is 12.1 Å². The molecule has 0 bridgehead atoms. The van der Waals surface area contributed by atoms with Crippen LogP contribution in [0.1, 0.15) is 11.1 Å². The number of rotatable bonds is 6. The molecule has 0 heterocycles. The number of para-hydroxylation sites is 1. The lowest BCUT2D eigenvalue weighted by Crippen LogP contribution is -2.02. The monoisotopic (exact) mass is 537 g/mol. The van der Waals surface area contributed by atoms with Crippen molar-refractivity contribution in [1.29, 1.82) is 10.5 Å². The van der Waals surface area contributed by atoms with Gasteiger partial charge in [-0.1, -0.05) is 101 Å². The Morgan fingerprint density at radius 3 is 1.65 bits per heavy atom. The third kappa shape index (κ3) is 5.15. The summed E-state index contributed by atoms with van der Waals surface area (Å²) < 4.78 is 0. The number of nitrogens with zero attached hydrogens (tertiary/aromatic N) is 2. The number of halogens is 3. The molecule has 166 valence electrons. The third-order valence-corrected chi connectivity index (χ3v) is 8.60. The van der Waals surface area contributed by atoms with Gasteiger partial charge in [-0.05, 0) is 36.4 Å². The first-order chi connectivity index (χ1) is 16.5. The molecule has 0 aliphatic heterocycles. The Bertz CT molecular complexity index is 1440. The second kappa shape index (κ2) is 11.1. The number of nitrogens with one attached hydrogen (secondary N) is 1. The molecule has 1 N–H and O–H groups in total. The molecule has 0 atom stereocenters. The fraction of sp³-hybridized carbons (Fsp3) is 0. The molecule has 0 saturated heterocycles. The topological polar surface area (TPSA) is 59.6 Å². The summed E-state index contributed by atoms with van der Waals surface area (Å²) in [6.07, 6.45) is 0. The zero-order valence-electron chi connectivity index (χ0n) is 17.4. The minimum Gasteiger partial charge on any atom is -0.353 e. The summed E-state index contributed by atoms with van der Waals surface area (Å²) in [6.45, 7) is 0. The fourth-order valence-electron chi connectivity index (χ4n) is 3.14. The summed E-state index contributed by atoms with van der Waals surface area (Å²) in [5.74, 6) is 0. The van der Waals surface area contributed by atoms with Gasteiger partial charge in [0.25, 0.3) is 0 Å². The highest BCUT2D eigenvalue weighted by atomic mass is 35.5.